The van der Waals surface area contributed by atoms with Crippen molar-refractivity contribution in [3.8, 4) is 0 Å². The molecule has 0 unspecified atom stereocenters. The molecule has 0 atom stereocenters. The maximum atomic E-state index is 12.4. The summed E-state index contributed by atoms with van der Waals surface area (Å²) in [5.74, 6) is -2.15. The Morgan fingerprint density at radius 3 is 2.83 bits per heavy atom. The Balaban J connectivity index is 1.60. The largest absolute Gasteiger partial charge is 0.451 e. The molecule has 23 heavy (non-hydrogen) atoms. The number of hydrogen-bond acceptors (Lipinski definition) is 4. The van der Waals surface area contributed by atoms with Gasteiger partial charge in [-0.25, -0.2) is 4.98 Å². The molecule has 0 aliphatic rings. The van der Waals surface area contributed by atoms with Gasteiger partial charge in [0.1, 0.15) is 0 Å². The number of aromatic amines is 1. The molecule has 10 heteroatoms. The summed E-state index contributed by atoms with van der Waals surface area (Å²) in [5.41, 5.74) is 1.68. The van der Waals surface area contributed by atoms with Crippen LogP contribution in [0.3, 0.4) is 0 Å². The number of nitrogens with one attached hydrogen (secondary N) is 2. The van der Waals surface area contributed by atoms with Crippen LogP contribution < -0.4 is 5.32 Å². The number of carbonyl (C=O) groups excluding carboxylic acids is 1. The van der Waals surface area contributed by atoms with Gasteiger partial charge >= 0.3 is 6.18 Å². The molecule has 0 fully saturated rings. The molecule has 0 spiro atoms. The van der Waals surface area contributed by atoms with Crippen molar-refractivity contribution >= 4 is 22.9 Å². The fraction of sp³-hybridized carbons (Fsp3) is 0.231. The number of benzene rings is 1. The van der Waals surface area contributed by atoms with Gasteiger partial charge in [-0.1, -0.05) is 12.1 Å². The number of H-pyrrole nitrogens is 1. The Bertz CT molecular complexity index is 837. The van der Waals surface area contributed by atoms with E-state index in [1.54, 1.807) is 16.0 Å². The van der Waals surface area contributed by atoms with Crippen LogP contribution >= 0.6 is 0 Å². The number of aryl methyl sites for hydroxylation is 1. The molecule has 2 heterocycles. The van der Waals surface area contributed by atoms with Crippen LogP contribution in [0.4, 0.5) is 19.1 Å². The quantitative estimate of drug-likeness (QED) is 0.770. The van der Waals surface area contributed by atoms with E-state index in [-0.39, 0.29) is 6.42 Å². The maximum absolute atomic E-state index is 12.4. The van der Waals surface area contributed by atoms with E-state index < -0.39 is 23.9 Å². The minimum absolute atomic E-state index is 0.0518. The first-order valence-electron chi connectivity index (χ1n) is 6.63. The third kappa shape index (κ3) is 3.30. The fourth-order valence-electron chi connectivity index (χ4n) is 2.04. The average Bonchev–Trinajstić information content (AvgIpc) is 3.11. The van der Waals surface area contributed by atoms with Crippen molar-refractivity contribution in [3.63, 3.8) is 0 Å². The van der Waals surface area contributed by atoms with Crippen LogP contribution in [0.25, 0.3) is 11.0 Å². The number of amides is 1. The molecule has 0 bridgehead atoms. The van der Waals surface area contributed by atoms with Gasteiger partial charge in [0.05, 0.1) is 17.4 Å². The summed E-state index contributed by atoms with van der Waals surface area (Å²) in [7, 11) is 0. The van der Waals surface area contributed by atoms with E-state index in [1.165, 1.54) is 0 Å². The van der Waals surface area contributed by atoms with Crippen molar-refractivity contribution in [1.29, 1.82) is 0 Å². The third-order valence-electron chi connectivity index (χ3n) is 3.11. The SMILES string of the molecule is O=C(CCn1cnc2ccccc21)Nc1n[nH]c(C(F)(F)F)n1. The van der Waals surface area contributed by atoms with Crippen LogP contribution in [0.15, 0.2) is 30.6 Å². The summed E-state index contributed by atoms with van der Waals surface area (Å²) in [6.07, 6.45) is -2.98. The summed E-state index contributed by atoms with van der Waals surface area (Å²) in [4.78, 5) is 19.1. The minimum atomic E-state index is -4.63. The molecule has 2 aromatic heterocycles. The van der Waals surface area contributed by atoms with Gasteiger partial charge in [0, 0.05) is 13.0 Å². The lowest BCUT2D eigenvalue weighted by Crippen LogP contribution is -2.15. The van der Waals surface area contributed by atoms with Crippen LogP contribution in [-0.4, -0.2) is 30.6 Å². The molecular weight excluding hydrogens is 313 g/mol. The van der Waals surface area contributed by atoms with Crippen molar-refractivity contribution in [2.45, 2.75) is 19.1 Å². The fourth-order valence-corrected chi connectivity index (χ4v) is 2.04. The molecule has 1 amide bonds. The number of fused-ring (bicyclic) bond motifs is 1. The molecule has 7 nitrogen and oxygen atoms in total. The second kappa shape index (κ2) is 5.71. The van der Waals surface area contributed by atoms with Gasteiger partial charge in [-0.05, 0) is 12.1 Å². The van der Waals surface area contributed by atoms with Crippen molar-refractivity contribution in [2.75, 3.05) is 5.32 Å². The van der Waals surface area contributed by atoms with Gasteiger partial charge in [0.2, 0.25) is 17.7 Å². The smallest absolute Gasteiger partial charge is 0.330 e. The lowest BCUT2D eigenvalue weighted by Gasteiger charge is -2.04. The number of hydrogen-bond donors (Lipinski definition) is 2. The lowest BCUT2D eigenvalue weighted by atomic mass is 10.3. The van der Waals surface area contributed by atoms with E-state index in [0.717, 1.165) is 11.0 Å². The number of para-hydroxylation sites is 2. The van der Waals surface area contributed by atoms with Crippen LogP contribution in [0.5, 0.6) is 0 Å². The number of carbonyl (C=O) groups is 1. The van der Waals surface area contributed by atoms with Crippen molar-refractivity contribution in [1.82, 2.24) is 24.7 Å². The highest BCUT2D eigenvalue weighted by atomic mass is 19.4. The Labute approximate surface area is 127 Å². The highest BCUT2D eigenvalue weighted by Crippen LogP contribution is 2.26. The molecule has 0 radical (unpaired) electrons. The highest BCUT2D eigenvalue weighted by Gasteiger charge is 2.35. The monoisotopic (exact) mass is 324 g/mol. The molecular formula is C13H11F3N6O. The van der Waals surface area contributed by atoms with E-state index in [9.17, 15) is 18.0 Å². The Morgan fingerprint density at radius 2 is 2.09 bits per heavy atom. The van der Waals surface area contributed by atoms with Gasteiger partial charge in [-0.3, -0.25) is 15.2 Å². The van der Waals surface area contributed by atoms with Crippen LogP contribution in [0, 0.1) is 0 Å². The number of rotatable bonds is 4. The first-order valence-corrected chi connectivity index (χ1v) is 6.63. The van der Waals surface area contributed by atoms with Crippen molar-refractivity contribution in [3.05, 3.63) is 36.4 Å². The zero-order valence-corrected chi connectivity index (χ0v) is 11.6. The zero-order chi connectivity index (χ0) is 16.4. The molecule has 0 aliphatic heterocycles. The minimum Gasteiger partial charge on any atom is -0.330 e. The molecule has 3 aromatic rings. The van der Waals surface area contributed by atoms with Crippen LogP contribution in [-0.2, 0) is 17.5 Å². The number of alkyl halides is 3. The number of halogens is 3. The zero-order valence-electron chi connectivity index (χ0n) is 11.6. The molecule has 0 aliphatic carbocycles. The Kier molecular flexibility index (Phi) is 3.72. The van der Waals surface area contributed by atoms with Gasteiger partial charge < -0.3 is 4.57 Å². The summed E-state index contributed by atoms with van der Waals surface area (Å²) >= 11 is 0. The molecule has 1 aromatic carbocycles. The van der Waals surface area contributed by atoms with E-state index >= 15 is 0 Å². The summed E-state index contributed by atoms with van der Waals surface area (Å²) < 4.78 is 38.9. The van der Waals surface area contributed by atoms with Gasteiger partial charge in [-0.15, -0.1) is 5.10 Å². The second-order valence-corrected chi connectivity index (χ2v) is 4.73. The predicted molar refractivity (Wildman–Crippen MR) is 74.4 cm³/mol. The number of anilines is 1. The first kappa shape index (κ1) is 15.0. The van der Waals surface area contributed by atoms with Crippen molar-refractivity contribution in [2.24, 2.45) is 0 Å². The second-order valence-electron chi connectivity index (χ2n) is 4.73. The van der Waals surface area contributed by atoms with Gasteiger partial charge in [-0.2, -0.15) is 18.2 Å². The van der Waals surface area contributed by atoms with E-state index in [4.69, 9.17) is 0 Å². The summed E-state index contributed by atoms with van der Waals surface area (Å²) in [6, 6.07) is 7.42. The Morgan fingerprint density at radius 1 is 1.30 bits per heavy atom. The molecule has 120 valence electrons. The molecule has 0 saturated heterocycles. The summed E-state index contributed by atoms with van der Waals surface area (Å²) in [5, 5.41) is 7.26. The number of imidazole rings is 1. The highest BCUT2D eigenvalue weighted by molar-refractivity contribution is 5.89. The first-order chi connectivity index (χ1) is 10.9. The van der Waals surface area contributed by atoms with Gasteiger partial charge in [0.15, 0.2) is 0 Å². The lowest BCUT2D eigenvalue weighted by molar-refractivity contribution is -0.144. The average molecular weight is 324 g/mol. The van der Waals surface area contributed by atoms with E-state index in [1.807, 2.05) is 24.3 Å². The summed E-state index contributed by atoms with van der Waals surface area (Å²) in [6.45, 7) is 0.336. The van der Waals surface area contributed by atoms with Crippen LogP contribution in [0.2, 0.25) is 0 Å². The molecule has 2 N–H and O–H groups in total. The van der Waals surface area contributed by atoms with Gasteiger partial charge in [0.25, 0.3) is 0 Å². The topological polar surface area (TPSA) is 88.5 Å². The van der Waals surface area contributed by atoms with E-state index in [0.29, 0.717) is 6.54 Å². The normalized spacial score (nSPS) is 11.8. The standard InChI is InChI=1S/C13H11F3N6O/c14-13(15,16)11-19-12(21-20-11)18-10(23)5-6-22-7-17-8-3-1-2-4-9(8)22/h1-4,7H,5-6H2,(H2,18,19,20,21,23). The third-order valence-corrected chi connectivity index (χ3v) is 3.11. The van der Waals surface area contributed by atoms with Crippen LogP contribution in [0.1, 0.15) is 12.2 Å². The van der Waals surface area contributed by atoms with E-state index in [2.05, 4.69) is 20.4 Å². The number of aromatic nitrogens is 5. The molecule has 0 saturated carbocycles. The Hall–Kier alpha value is -2.91. The number of nitrogens with zero attached hydrogens (tertiary/aromatic N) is 4. The molecule has 3 rings (SSSR count). The van der Waals surface area contributed by atoms with Crippen molar-refractivity contribution < 1.29 is 18.0 Å². The maximum Gasteiger partial charge on any atom is 0.451 e. The predicted octanol–water partition coefficient (Wildman–Crippen LogP) is 2.20.